The highest BCUT2D eigenvalue weighted by Crippen LogP contribution is 2.26. The van der Waals surface area contributed by atoms with Gasteiger partial charge in [-0.15, -0.1) is 0 Å². The molecule has 0 radical (unpaired) electrons. The molecule has 1 fully saturated rings. The summed E-state index contributed by atoms with van der Waals surface area (Å²) in [4.78, 5) is 27.1. The number of carboxylic acids is 1. The lowest BCUT2D eigenvalue weighted by atomic mass is 9.85. The number of hydrogen-bond acceptors (Lipinski definition) is 3. The quantitative estimate of drug-likeness (QED) is 0.743. The number of likely N-dealkylation sites (N-methyl/N-ethyl adjacent to an activating group) is 1. The van der Waals surface area contributed by atoms with Crippen molar-refractivity contribution in [3.05, 3.63) is 35.6 Å². The summed E-state index contributed by atoms with van der Waals surface area (Å²) in [5, 5.41) is 12.0. The van der Waals surface area contributed by atoms with Crippen LogP contribution in [0.15, 0.2) is 24.3 Å². The molecule has 144 valence electrons. The Bertz CT molecular complexity index is 632. The molecule has 0 atom stereocenters. The molecule has 1 aliphatic carbocycles. The number of benzene rings is 1. The Labute approximate surface area is 154 Å². The molecule has 1 aromatic carbocycles. The van der Waals surface area contributed by atoms with Crippen molar-refractivity contribution < 1.29 is 19.1 Å². The first-order chi connectivity index (χ1) is 12.3. The number of carbonyl (C=O) groups excluding carboxylic acids is 1. The van der Waals surface area contributed by atoms with Crippen molar-refractivity contribution in [1.82, 2.24) is 15.1 Å². The van der Waals surface area contributed by atoms with E-state index in [1.54, 1.807) is 17.0 Å². The van der Waals surface area contributed by atoms with Crippen LogP contribution in [-0.2, 0) is 11.3 Å². The Morgan fingerprint density at radius 1 is 1.35 bits per heavy atom. The molecule has 2 rings (SSSR count). The standard InChI is InChI=1S/C19H28FN3O3/c1-4-22(12-18(24)25)17-9-16(10-17)21-19(26)23(13(2)3)11-14-6-5-7-15(20)8-14/h5-8,13,16-17H,4,9-12H2,1-3H3,(H,21,26)(H,24,25). The summed E-state index contributed by atoms with van der Waals surface area (Å²) >= 11 is 0. The van der Waals surface area contributed by atoms with Crippen molar-refractivity contribution in [3.8, 4) is 0 Å². The van der Waals surface area contributed by atoms with E-state index in [1.165, 1.54) is 12.1 Å². The predicted octanol–water partition coefficient (Wildman–Crippen LogP) is 2.68. The van der Waals surface area contributed by atoms with Crippen LogP contribution in [0.1, 0.15) is 39.2 Å². The summed E-state index contributed by atoms with van der Waals surface area (Å²) in [7, 11) is 0. The summed E-state index contributed by atoms with van der Waals surface area (Å²) < 4.78 is 13.4. The predicted molar refractivity (Wildman–Crippen MR) is 97.3 cm³/mol. The van der Waals surface area contributed by atoms with Crippen LogP contribution in [0.25, 0.3) is 0 Å². The van der Waals surface area contributed by atoms with Crippen LogP contribution in [0.3, 0.4) is 0 Å². The van der Waals surface area contributed by atoms with Gasteiger partial charge in [0.1, 0.15) is 5.82 Å². The Hall–Kier alpha value is -2.15. The summed E-state index contributed by atoms with van der Waals surface area (Å²) in [6.07, 6.45) is 1.50. The van der Waals surface area contributed by atoms with Crippen LogP contribution in [0, 0.1) is 5.82 Å². The number of amides is 2. The van der Waals surface area contributed by atoms with Crippen LogP contribution >= 0.6 is 0 Å². The van der Waals surface area contributed by atoms with E-state index in [1.807, 2.05) is 25.7 Å². The number of halogens is 1. The highest BCUT2D eigenvalue weighted by Gasteiger charge is 2.35. The normalized spacial score (nSPS) is 19.3. The maximum absolute atomic E-state index is 13.4. The highest BCUT2D eigenvalue weighted by molar-refractivity contribution is 5.75. The summed E-state index contributed by atoms with van der Waals surface area (Å²) in [5.41, 5.74) is 0.749. The van der Waals surface area contributed by atoms with Crippen LogP contribution in [-0.4, -0.2) is 58.1 Å². The Kier molecular flexibility index (Phi) is 6.97. The molecule has 2 amide bonds. The average Bonchev–Trinajstić information content (AvgIpc) is 2.53. The fourth-order valence-corrected chi connectivity index (χ4v) is 3.26. The molecule has 1 aromatic rings. The van der Waals surface area contributed by atoms with Crippen molar-refractivity contribution in [2.45, 2.75) is 58.3 Å². The summed E-state index contributed by atoms with van der Waals surface area (Å²) in [6, 6.07) is 6.31. The van der Waals surface area contributed by atoms with E-state index < -0.39 is 5.97 Å². The first-order valence-electron chi connectivity index (χ1n) is 9.07. The molecule has 0 saturated heterocycles. The molecule has 1 aliphatic rings. The molecule has 26 heavy (non-hydrogen) atoms. The van der Waals surface area contributed by atoms with Gasteiger partial charge in [-0.05, 0) is 50.9 Å². The fourth-order valence-electron chi connectivity index (χ4n) is 3.26. The molecule has 1 saturated carbocycles. The number of nitrogens with one attached hydrogen (secondary N) is 1. The van der Waals surface area contributed by atoms with Gasteiger partial charge in [-0.2, -0.15) is 0 Å². The first-order valence-corrected chi connectivity index (χ1v) is 9.07. The Morgan fingerprint density at radius 3 is 2.58 bits per heavy atom. The van der Waals surface area contributed by atoms with Gasteiger partial charge in [0.25, 0.3) is 0 Å². The Balaban J connectivity index is 1.88. The molecule has 6 nitrogen and oxygen atoms in total. The lowest BCUT2D eigenvalue weighted by molar-refractivity contribution is -0.139. The smallest absolute Gasteiger partial charge is 0.318 e. The second-order valence-corrected chi connectivity index (χ2v) is 7.08. The van der Waals surface area contributed by atoms with Gasteiger partial charge in [-0.25, -0.2) is 9.18 Å². The van der Waals surface area contributed by atoms with Crippen molar-refractivity contribution in [1.29, 1.82) is 0 Å². The molecule has 0 aliphatic heterocycles. The van der Waals surface area contributed by atoms with Crippen LogP contribution < -0.4 is 5.32 Å². The van der Waals surface area contributed by atoms with Crippen LogP contribution in [0.5, 0.6) is 0 Å². The zero-order valence-corrected chi connectivity index (χ0v) is 15.6. The third kappa shape index (κ3) is 5.42. The van der Waals surface area contributed by atoms with E-state index in [4.69, 9.17) is 5.11 Å². The third-order valence-corrected chi connectivity index (χ3v) is 4.83. The monoisotopic (exact) mass is 365 g/mol. The maximum atomic E-state index is 13.4. The van der Waals surface area contributed by atoms with Gasteiger partial charge in [0, 0.05) is 24.7 Å². The van der Waals surface area contributed by atoms with Gasteiger partial charge in [0.2, 0.25) is 0 Å². The average molecular weight is 365 g/mol. The van der Waals surface area contributed by atoms with Gasteiger partial charge < -0.3 is 15.3 Å². The second-order valence-electron chi connectivity index (χ2n) is 7.08. The van der Waals surface area contributed by atoms with Gasteiger partial charge in [0.05, 0.1) is 6.54 Å². The summed E-state index contributed by atoms with van der Waals surface area (Å²) in [6.45, 7) is 6.84. The topological polar surface area (TPSA) is 72.9 Å². The first kappa shape index (κ1) is 20.2. The highest BCUT2D eigenvalue weighted by atomic mass is 19.1. The molecule has 2 N–H and O–H groups in total. The molecule has 0 aromatic heterocycles. The molecule has 0 spiro atoms. The SMILES string of the molecule is CCN(CC(=O)O)C1CC(NC(=O)N(Cc2cccc(F)c2)C(C)C)C1. The molecule has 7 heteroatoms. The number of carboxylic acid groups (broad SMARTS) is 1. The third-order valence-electron chi connectivity index (χ3n) is 4.83. The lowest BCUT2D eigenvalue weighted by Gasteiger charge is -2.43. The summed E-state index contributed by atoms with van der Waals surface area (Å²) in [5.74, 6) is -1.15. The molecule has 0 unspecified atom stereocenters. The van der Waals surface area contributed by atoms with Crippen LogP contribution in [0.2, 0.25) is 0 Å². The number of urea groups is 1. The number of carbonyl (C=O) groups is 2. The van der Waals surface area contributed by atoms with Crippen molar-refractivity contribution >= 4 is 12.0 Å². The van der Waals surface area contributed by atoms with Gasteiger partial charge >= 0.3 is 12.0 Å². The van der Waals surface area contributed by atoms with Gasteiger partial charge in [-0.1, -0.05) is 19.1 Å². The lowest BCUT2D eigenvalue weighted by Crippen LogP contribution is -2.57. The van der Waals surface area contributed by atoms with Crippen molar-refractivity contribution in [2.75, 3.05) is 13.1 Å². The van der Waals surface area contributed by atoms with E-state index in [0.717, 1.165) is 18.4 Å². The van der Waals surface area contributed by atoms with E-state index in [9.17, 15) is 14.0 Å². The fraction of sp³-hybridized carbons (Fsp3) is 0.579. The van der Waals surface area contributed by atoms with E-state index in [2.05, 4.69) is 5.32 Å². The van der Waals surface area contributed by atoms with E-state index in [-0.39, 0.29) is 36.5 Å². The maximum Gasteiger partial charge on any atom is 0.318 e. The largest absolute Gasteiger partial charge is 0.480 e. The minimum atomic E-state index is -0.833. The van der Waals surface area contributed by atoms with Crippen LogP contribution in [0.4, 0.5) is 9.18 Å². The number of aliphatic carboxylic acids is 1. The minimum absolute atomic E-state index is 0.0201. The minimum Gasteiger partial charge on any atom is -0.480 e. The van der Waals surface area contributed by atoms with E-state index in [0.29, 0.717) is 13.1 Å². The Morgan fingerprint density at radius 2 is 2.04 bits per heavy atom. The molecular weight excluding hydrogens is 337 g/mol. The number of nitrogens with zero attached hydrogens (tertiary/aromatic N) is 2. The van der Waals surface area contributed by atoms with Crippen molar-refractivity contribution in [3.63, 3.8) is 0 Å². The molecule has 0 heterocycles. The number of rotatable bonds is 8. The zero-order valence-electron chi connectivity index (χ0n) is 15.6. The van der Waals surface area contributed by atoms with Gasteiger partial charge in [-0.3, -0.25) is 9.69 Å². The van der Waals surface area contributed by atoms with Gasteiger partial charge in [0.15, 0.2) is 0 Å². The van der Waals surface area contributed by atoms with E-state index >= 15 is 0 Å². The second kappa shape index (κ2) is 8.98. The number of hydrogen-bond donors (Lipinski definition) is 2. The zero-order chi connectivity index (χ0) is 19.3. The molecule has 0 bridgehead atoms. The van der Waals surface area contributed by atoms with Crippen molar-refractivity contribution in [2.24, 2.45) is 0 Å². The molecular formula is C19H28FN3O3.